The summed E-state index contributed by atoms with van der Waals surface area (Å²) < 4.78 is 0. The Morgan fingerprint density at radius 1 is 0.271 bits per heavy atom. The van der Waals surface area contributed by atoms with Gasteiger partial charge in [-0.25, -0.2) is 4.98 Å². The Morgan fingerprint density at radius 3 is 1.20 bits per heavy atom. The zero-order chi connectivity index (χ0) is 51.9. The van der Waals surface area contributed by atoms with Gasteiger partial charge in [0.25, 0.3) is 0 Å². The molecule has 0 aliphatic heterocycles. The van der Waals surface area contributed by atoms with Crippen LogP contribution in [0.1, 0.15) is 104 Å². The van der Waals surface area contributed by atoms with Gasteiger partial charge in [0.05, 0.1) is 36.5 Å². The van der Waals surface area contributed by atoms with E-state index in [1.165, 1.54) is 0 Å². The number of benzene rings is 1. The highest BCUT2D eigenvalue weighted by Crippen LogP contribution is 2.06. The van der Waals surface area contributed by atoms with Crippen LogP contribution in [0.3, 0.4) is 0 Å². The van der Waals surface area contributed by atoms with Crippen molar-refractivity contribution in [3.05, 3.63) is 123 Å². The van der Waals surface area contributed by atoms with E-state index in [1.807, 2.05) is 54.6 Å². The first-order chi connectivity index (χ1) is 33.5. The van der Waals surface area contributed by atoms with E-state index in [0.29, 0.717) is 5.65 Å². The van der Waals surface area contributed by atoms with Gasteiger partial charge < -0.3 is 0 Å². The van der Waals surface area contributed by atoms with Crippen molar-refractivity contribution in [1.29, 1.82) is 0 Å². The molecule has 70 heavy (non-hydrogen) atoms. The highest BCUT2D eigenvalue weighted by molar-refractivity contribution is 5.76. The predicted octanol–water partition coefficient (Wildman–Crippen LogP) is 10.4. The van der Waals surface area contributed by atoms with Crippen LogP contribution in [0.2, 0.25) is 0 Å². The molecular formula is C50H70N20. The molecule has 0 saturated heterocycles. The summed E-state index contributed by atoms with van der Waals surface area (Å²) in [5, 5.41) is 60.4. The quantitative estimate of drug-likeness (QED) is 0.137. The van der Waals surface area contributed by atoms with Gasteiger partial charge in [-0.1, -0.05) is 116 Å². The number of rotatable bonds is 0. The Morgan fingerprint density at radius 2 is 0.671 bits per heavy atom. The summed E-state index contributed by atoms with van der Waals surface area (Å²) in [6, 6.07) is 18.5. The molecular weight excluding hydrogens is 881 g/mol. The molecule has 10 rings (SSSR count). The SMILES string of the molecule is CC(C)C.CC(C)C.CC(C)C.CC(C)C.CC(C)C.c1cc2cnnnc2cn1.c1cc2nnncc2cn1.c1ccc2nnnnc2c1.c1cnc2cnnnc2c1.c1cnc2nnncc2c1. The van der Waals surface area contributed by atoms with Crippen molar-refractivity contribution in [1.82, 2.24) is 102 Å². The van der Waals surface area contributed by atoms with Crippen LogP contribution in [0.5, 0.6) is 0 Å². The van der Waals surface area contributed by atoms with Gasteiger partial charge >= 0.3 is 0 Å². The largest absolute Gasteiger partial charge is 0.264 e. The van der Waals surface area contributed by atoms with Crippen molar-refractivity contribution >= 4 is 54.9 Å². The molecule has 370 valence electrons. The molecule has 0 atom stereocenters. The lowest BCUT2D eigenvalue weighted by molar-refractivity contribution is 0.736. The number of hydrogen-bond acceptors (Lipinski definition) is 20. The fourth-order valence-corrected chi connectivity index (χ4v) is 3.77. The molecule has 1 aromatic carbocycles. The lowest BCUT2D eigenvalue weighted by Gasteiger charge is -1.88. The zero-order valence-corrected chi connectivity index (χ0v) is 43.4. The molecule has 9 aromatic heterocycles. The first kappa shape index (κ1) is 60.1. The van der Waals surface area contributed by atoms with Crippen molar-refractivity contribution in [3.8, 4) is 0 Å². The van der Waals surface area contributed by atoms with Crippen LogP contribution in [0.25, 0.3) is 54.9 Å². The van der Waals surface area contributed by atoms with E-state index < -0.39 is 0 Å². The summed E-state index contributed by atoms with van der Waals surface area (Å²) >= 11 is 0. The van der Waals surface area contributed by atoms with E-state index in [4.69, 9.17) is 0 Å². The van der Waals surface area contributed by atoms with Crippen LogP contribution >= 0.6 is 0 Å². The Labute approximate surface area is 411 Å². The van der Waals surface area contributed by atoms with Crippen molar-refractivity contribution in [2.75, 3.05) is 0 Å². The van der Waals surface area contributed by atoms with Crippen LogP contribution in [0, 0.1) is 29.6 Å². The molecule has 0 radical (unpaired) electrons. The Kier molecular flexibility index (Phi) is 31.9. The average molecular weight is 951 g/mol. The van der Waals surface area contributed by atoms with E-state index in [-0.39, 0.29) is 0 Å². The third kappa shape index (κ3) is 31.1. The summed E-state index contributed by atoms with van der Waals surface area (Å²) in [7, 11) is 0. The van der Waals surface area contributed by atoms with Crippen LogP contribution in [-0.2, 0) is 0 Å². The summed E-state index contributed by atoms with van der Waals surface area (Å²) in [6.07, 6.45) is 16.6. The Bertz CT molecular complexity index is 2040. The van der Waals surface area contributed by atoms with Gasteiger partial charge in [0.1, 0.15) is 27.6 Å². The molecule has 0 saturated carbocycles. The molecule has 0 aliphatic rings. The molecule has 0 spiro atoms. The minimum Gasteiger partial charge on any atom is -0.264 e. The molecule has 0 amide bonds. The molecule has 9 heterocycles. The maximum Gasteiger partial charge on any atom is 0.185 e. The first-order valence-electron chi connectivity index (χ1n) is 22.9. The van der Waals surface area contributed by atoms with Crippen molar-refractivity contribution < 1.29 is 0 Å². The van der Waals surface area contributed by atoms with E-state index in [1.54, 1.807) is 68.0 Å². The van der Waals surface area contributed by atoms with E-state index in [0.717, 1.165) is 78.8 Å². The molecule has 10 aromatic rings. The smallest absolute Gasteiger partial charge is 0.185 e. The number of hydrogen-bond donors (Lipinski definition) is 0. The Hall–Kier alpha value is -7.90. The van der Waals surface area contributed by atoms with Gasteiger partial charge in [-0.2, -0.15) is 0 Å². The number of fused-ring (bicyclic) bond motifs is 5. The molecule has 0 bridgehead atoms. The third-order valence-corrected chi connectivity index (χ3v) is 6.09. The summed E-state index contributed by atoms with van der Waals surface area (Å²) in [6.45, 7) is 32.5. The highest BCUT2D eigenvalue weighted by Gasteiger charge is 1.94. The fraction of sp³-hybridized carbons (Fsp3) is 0.400. The normalized spacial score (nSPS) is 9.71. The van der Waals surface area contributed by atoms with Gasteiger partial charge in [-0.3, -0.25) is 15.0 Å². The van der Waals surface area contributed by atoms with Crippen molar-refractivity contribution in [3.63, 3.8) is 0 Å². The van der Waals surface area contributed by atoms with Gasteiger partial charge in [0.2, 0.25) is 0 Å². The molecule has 0 fully saturated rings. The standard InChI is InChI=1S/5C6H4N4.5C4H10/c1-2-7-3-5-4-8-10-9-6(1)5;1-2-7-4-6-5(1)3-8-10-9-6;1-2-5-6(7-3-1)4-8-10-9-5;1-2-5-4-8-10-9-6(5)7-3-1;1-2-4-6-5(3-1)7-9-10-8-6;5*1-4(2)3/h5*1-4H;5*4H,1-3H3. The molecule has 20 nitrogen and oxygen atoms in total. The van der Waals surface area contributed by atoms with Gasteiger partial charge in [-0.15, -0.1) is 51.0 Å². The topological polar surface area (TPSA) is 258 Å². The number of pyridine rings is 4. The molecule has 20 heteroatoms. The summed E-state index contributed by atoms with van der Waals surface area (Å²) in [5.74, 6) is 4.17. The second-order valence-corrected chi connectivity index (χ2v) is 18.0. The second kappa shape index (κ2) is 37.1. The fourth-order valence-electron chi connectivity index (χ4n) is 3.77. The molecule has 0 aliphatic carbocycles. The zero-order valence-electron chi connectivity index (χ0n) is 43.4. The van der Waals surface area contributed by atoms with E-state index in [2.05, 4.69) is 206 Å². The highest BCUT2D eigenvalue weighted by atomic mass is 15.4. The summed E-state index contributed by atoms with van der Waals surface area (Å²) in [5.41, 5.74) is 5.34. The predicted molar refractivity (Wildman–Crippen MR) is 278 cm³/mol. The van der Waals surface area contributed by atoms with Crippen LogP contribution in [0.15, 0.2) is 123 Å². The van der Waals surface area contributed by atoms with Crippen molar-refractivity contribution in [2.24, 2.45) is 29.6 Å². The minimum atomic E-state index is 0.637. The average Bonchev–Trinajstić information content (AvgIpc) is 3.34. The number of nitrogens with zero attached hydrogens (tertiary/aromatic N) is 20. The lowest BCUT2D eigenvalue weighted by atomic mass is 10.3. The minimum absolute atomic E-state index is 0.637. The van der Waals surface area contributed by atoms with Gasteiger partial charge in [0.15, 0.2) is 5.65 Å². The van der Waals surface area contributed by atoms with Crippen LogP contribution in [-0.4, -0.2) is 102 Å². The van der Waals surface area contributed by atoms with E-state index in [9.17, 15) is 0 Å². The Balaban J connectivity index is 0.000000400. The maximum absolute atomic E-state index is 4.02. The number of aromatic nitrogens is 20. The van der Waals surface area contributed by atoms with Crippen molar-refractivity contribution in [2.45, 2.75) is 104 Å². The monoisotopic (exact) mass is 951 g/mol. The first-order valence-corrected chi connectivity index (χ1v) is 22.9. The van der Waals surface area contributed by atoms with Crippen LogP contribution < -0.4 is 0 Å². The van der Waals surface area contributed by atoms with Gasteiger partial charge in [0, 0.05) is 47.1 Å². The van der Waals surface area contributed by atoms with Gasteiger partial charge in [-0.05, 0) is 109 Å². The molecule has 0 unspecified atom stereocenters. The molecule has 0 N–H and O–H groups in total. The maximum atomic E-state index is 4.02. The van der Waals surface area contributed by atoms with Crippen LogP contribution in [0.4, 0.5) is 0 Å². The second-order valence-electron chi connectivity index (χ2n) is 18.0. The summed E-state index contributed by atoms with van der Waals surface area (Å²) in [4.78, 5) is 15.8. The van der Waals surface area contributed by atoms with E-state index >= 15 is 0 Å². The lowest BCUT2D eigenvalue weighted by Crippen LogP contribution is -1.90. The third-order valence-electron chi connectivity index (χ3n) is 6.09.